The number of carbonyl (C=O) groups is 1. The molecule has 0 spiro atoms. The van der Waals surface area contributed by atoms with Gasteiger partial charge < -0.3 is 15.6 Å². The average Bonchev–Trinajstić information content (AvgIpc) is 3.09. The summed E-state index contributed by atoms with van der Waals surface area (Å²) in [6.45, 7) is 0.976. The van der Waals surface area contributed by atoms with Crippen molar-refractivity contribution in [3.63, 3.8) is 0 Å². The summed E-state index contributed by atoms with van der Waals surface area (Å²) in [6.07, 6.45) is 6.10. The summed E-state index contributed by atoms with van der Waals surface area (Å²) in [7, 11) is 0. The number of fused-ring (bicyclic) bond motifs is 2. The molecule has 0 amide bonds. The van der Waals surface area contributed by atoms with Crippen LogP contribution in [-0.4, -0.2) is 42.7 Å². The number of hydrogen-bond donors (Lipinski definition) is 4. The highest BCUT2D eigenvalue weighted by molar-refractivity contribution is 5.85. The molecule has 3 saturated heterocycles. The third-order valence-electron chi connectivity index (χ3n) is 6.62. The Bertz CT molecular complexity index is 454. The van der Waals surface area contributed by atoms with Crippen molar-refractivity contribution in [1.82, 2.24) is 10.6 Å². The van der Waals surface area contributed by atoms with Gasteiger partial charge in [-0.2, -0.15) is 0 Å². The number of aliphatic hydroxyl groups excluding tert-OH is 1. The van der Waals surface area contributed by atoms with Gasteiger partial charge >= 0.3 is 0 Å². The first-order valence-corrected chi connectivity index (χ1v) is 9.22. The summed E-state index contributed by atoms with van der Waals surface area (Å²) in [4.78, 5) is 13.0. The Morgan fingerprint density at radius 2 is 1.87 bits per heavy atom. The number of hydrogen-bond acceptors (Lipinski definition) is 6. The summed E-state index contributed by atoms with van der Waals surface area (Å²) in [6, 6.07) is 0. The van der Waals surface area contributed by atoms with Crippen LogP contribution in [0.4, 0.5) is 0 Å². The van der Waals surface area contributed by atoms with E-state index in [1.54, 1.807) is 0 Å². The molecule has 4 fully saturated rings. The van der Waals surface area contributed by atoms with Gasteiger partial charge in [0.05, 0.1) is 18.0 Å². The van der Waals surface area contributed by atoms with Crippen molar-refractivity contribution in [3.05, 3.63) is 0 Å². The van der Waals surface area contributed by atoms with Crippen molar-refractivity contribution >= 4 is 5.78 Å². The Labute approximate surface area is 137 Å². The number of ketones is 1. The van der Waals surface area contributed by atoms with Gasteiger partial charge in [-0.3, -0.25) is 15.4 Å². The molecular weight excluding hydrogens is 294 g/mol. The molecule has 0 aromatic heterocycles. The van der Waals surface area contributed by atoms with Crippen molar-refractivity contribution in [2.75, 3.05) is 13.2 Å². The third kappa shape index (κ3) is 2.85. The zero-order valence-electron chi connectivity index (χ0n) is 13.6. The van der Waals surface area contributed by atoms with Crippen molar-refractivity contribution in [2.45, 2.75) is 57.1 Å². The van der Waals surface area contributed by atoms with Crippen LogP contribution in [0.3, 0.4) is 0 Å². The summed E-state index contributed by atoms with van der Waals surface area (Å²) in [5.74, 6) is 1.41. The highest BCUT2D eigenvalue weighted by Crippen LogP contribution is 2.41. The van der Waals surface area contributed by atoms with Crippen LogP contribution in [0.2, 0.25) is 0 Å². The molecule has 130 valence electrons. The van der Waals surface area contributed by atoms with Crippen molar-refractivity contribution in [1.29, 1.82) is 0 Å². The molecule has 0 aromatic carbocycles. The lowest BCUT2D eigenvalue weighted by atomic mass is 9.72. The second-order valence-electron chi connectivity index (χ2n) is 7.91. The fourth-order valence-corrected chi connectivity index (χ4v) is 5.20. The second-order valence-corrected chi connectivity index (χ2v) is 7.91. The zero-order chi connectivity index (χ0) is 16.0. The first kappa shape index (κ1) is 16.0. The second kappa shape index (κ2) is 6.41. The number of Topliss-reactive ketones (excluding diaryl/α,β-unsaturated/α-hetero) is 1. The molecule has 6 nitrogen and oxygen atoms in total. The minimum Gasteiger partial charge on any atom is -0.396 e. The molecule has 1 aliphatic carbocycles. The molecule has 7 unspecified atom stereocenters. The number of nitrogens with one attached hydrogen (secondary N) is 2. The highest BCUT2D eigenvalue weighted by atomic mass is 16.5. The van der Waals surface area contributed by atoms with Crippen molar-refractivity contribution in [2.24, 2.45) is 35.3 Å². The average molecular weight is 323 g/mol. The summed E-state index contributed by atoms with van der Waals surface area (Å²) in [5.41, 5.74) is 6.03. The van der Waals surface area contributed by atoms with Gasteiger partial charge in [0.15, 0.2) is 0 Å². The first-order chi connectivity index (χ1) is 11.2. The van der Waals surface area contributed by atoms with Crippen LogP contribution in [0, 0.1) is 29.6 Å². The molecule has 23 heavy (non-hydrogen) atoms. The number of ether oxygens (including phenoxy) is 1. The van der Waals surface area contributed by atoms with Crippen LogP contribution in [-0.2, 0) is 9.53 Å². The molecule has 4 rings (SSSR count). The molecular formula is C17H29N3O3. The molecule has 7 atom stereocenters. The molecule has 3 heterocycles. The molecule has 1 saturated carbocycles. The Morgan fingerprint density at radius 1 is 1.13 bits per heavy atom. The Hall–Kier alpha value is -0.530. The summed E-state index contributed by atoms with van der Waals surface area (Å²) >= 11 is 0. The fourth-order valence-electron chi connectivity index (χ4n) is 5.20. The predicted octanol–water partition coefficient (Wildman–Crippen LogP) is 0.157. The van der Waals surface area contributed by atoms with E-state index in [9.17, 15) is 9.90 Å². The number of rotatable bonds is 2. The topological polar surface area (TPSA) is 96.6 Å². The Morgan fingerprint density at radius 3 is 2.61 bits per heavy atom. The van der Waals surface area contributed by atoms with E-state index in [-0.39, 0.29) is 43.0 Å². The summed E-state index contributed by atoms with van der Waals surface area (Å²) in [5, 5.41) is 16.1. The highest BCUT2D eigenvalue weighted by Gasteiger charge is 2.51. The number of piperidine rings is 2. The van der Waals surface area contributed by atoms with E-state index < -0.39 is 0 Å². The Kier molecular flexibility index (Phi) is 4.45. The maximum atomic E-state index is 13.0. The van der Waals surface area contributed by atoms with E-state index in [0.717, 1.165) is 18.9 Å². The largest absolute Gasteiger partial charge is 0.396 e. The van der Waals surface area contributed by atoms with Gasteiger partial charge in [-0.1, -0.05) is 25.7 Å². The number of nitrogens with two attached hydrogens (primary N) is 1. The normalized spacial score (nSPS) is 48.1. The van der Waals surface area contributed by atoms with Crippen LogP contribution in [0.1, 0.15) is 38.5 Å². The minimum atomic E-state index is -0.308. The van der Waals surface area contributed by atoms with Crippen LogP contribution < -0.4 is 16.4 Å². The van der Waals surface area contributed by atoms with Gasteiger partial charge in [-0.05, 0) is 24.7 Å². The van der Waals surface area contributed by atoms with Crippen molar-refractivity contribution in [3.8, 4) is 0 Å². The molecule has 3 aliphatic heterocycles. The van der Waals surface area contributed by atoms with Gasteiger partial charge in [0.1, 0.15) is 18.2 Å². The fraction of sp³-hybridized carbons (Fsp3) is 0.941. The monoisotopic (exact) mass is 323 g/mol. The van der Waals surface area contributed by atoms with Crippen LogP contribution >= 0.6 is 0 Å². The van der Waals surface area contributed by atoms with Gasteiger partial charge in [-0.15, -0.1) is 0 Å². The quantitative estimate of drug-likeness (QED) is 0.578. The van der Waals surface area contributed by atoms with E-state index in [2.05, 4.69) is 10.6 Å². The van der Waals surface area contributed by atoms with Gasteiger partial charge in [0.2, 0.25) is 0 Å². The third-order valence-corrected chi connectivity index (χ3v) is 6.62. The van der Waals surface area contributed by atoms with E-state index in [1.807, 2.05) is 0 Å². The minimum absolute atomic E-state index is 0.0156. The Balaban J connectivity index is 1.47. The SMILES string of the molecule is NC1NC2OC3NCC(C4CCCC4)CC3C(=O)C2CC1CO. The van der Waals surface area contributed by atoms with Crippen molar-refractivity contribution < 1.29 is 14.6 Å². The van der Waals surface area contributed by atoms with E-state index in [4.69, 9.17) is 10.5 Å². The van der Waals surface area contributed by atoms with Gasteiger partial charge in [-0.25, -0.2) is 0 Å². The zero-order valence-corrected chi connectivity index (χ0v) is 13.6. The van der Waals surface area contributed by atoms with Gasteiger partial charge in [0, 0.05) is 19.1 Å². The number of aliphatic hydroxyl groups is 1. The van der Waals surface area contributed by atoms with Crippen LogP contribution in [0.15, 0.2) is 0 Å². The molecule has 0 radical (unpaired) electrons. The maximum Gasteiger partial charge on any atom is 0.147 e. The molecule has 5 N–H and O–H groups in total. The van der Waals surface area contributed by atoms with E-state index in [1.165, 1.54) is 25.7 Å². The van der Waals surface area contributed by atoms with E-state index >= 15 is 0 Å². The molecule has 0 bridgehead atoms. The number of carbonyl (C=O) groups excluding carboxylic acids is 1. The summed E-state index contributed by atoms with van der Waals surface area (Å²) < 4.78 is 6.13. The first-order valence-electron chi connectivity index (χ1n) is 9.22. The molecule has 0 aromatic rings. The predicted molar refractivity (Wildman–Crippen MR) is 85.0 cm³/mol. The lowest BCUT2D eigenvalue weighted by Crippen LogP contribution is -2.67. The van der Waals surface area contributed by atoms with Crippen LogP contribution in [0.5, 0.6) is 0 Å². The van der Waals surface area contributed by atoms with E-state index in [0.29, 0.717) is 18.1 Å². The molecule has 6 heteroatoms. The lowest BCUT2D eigenvalue weighted by molar-refractivity contribution is -0.187. The van der Waals surface area contributed by atoms with Crippen LogP contribution in [0.25, 0.3) is 0 Å². The maximum absolute atomic E-state index is 13.0. The molecule has 4 aliphatic rings. The smallest absolute Gasteiger partial charge is 0.147 e. The lowest BCUT2D eigenvalue weighted by Gasteiger charge is -2.49. The van der Waals surface area contributed by atoms with Gasteiger partial charge in [0.25, 0.3) is 0 Å². The standard InChI is InChI=1S/C17H29N3O3/c18-15-11(8-21)6-13-14(22)12-5-10(9-3-1-2-4-9)7-19-16(12)23-17(13)20-15/h9-13,15-17,19-21H,1-8,18H2.